The van der Waals surface area contributed by atoms with Crippen molar-refractivity contribution in [3.63, 3.8) is 0 Å². The average Bonchev–Trinajstić information content (AvgIpc) is 3.54. The Kier molecular flexibility index (Phi) is 11.4. The molecule has 4 aromatic rings. The topological polar surface area (TPSA) is 94.0 Å². The summed E-state index contributed by atoms with van der Waals surface area (Å²) in [5.41, 5.74) is 5.93. The van der Waals surface area contributed by atoms with Gasteiger partial charge in [-0.15, -0.1) is 11.3 Å². The van der Waals surface area contributed by atoms with E-state index in [1.807, 2.05) is 86.8 Å². The third-order valence-electron chi connectivity index (χ3n) is 6.81. The van der Waals surface area contributed by atoms with Gasteiger partial charge in [0.1, 0.15) is 6.29 Å². The van der Waals surface area contributed by atoms with Crippen LogP contribution in [-0.4, -0.2) is 25.0 Å². The lowest BCUT2D eigenvalue weighted by Gasteiger charge is -2.28. The highest BCUT2D eigenvalue weighted by molar-refractivity contribution is 8.03. The van der Waals surface area contributed by atoms with E-state index in [0.717, 1.165) is 28.0 Å². The Balaban J connectivity index is 0.000000359. The molecule has 3 aromatic carbocycles. The number of thiophene rings is 1. The molecule has 2 heterocycles. The number of hydrogen-bond donors (Lipinski definition) is 3. The molecule has 1 amide bonds. The van der Waals surface area contributed by atoms with Gasteiger partial charge in [0, 0.05) is 39.4 Å². The first-order chi connectivity index (χ1) is 21.0. The third-order valence-corrected chi connectivity index (χ3v) is 8.93. The van der Waals surface area contributed by atoms with Crippen LogP contribution in [0.1, 0.15) is 30.2 Å². The van der Waals surface area contributed by atoms with E-state index in [2.05, 4.69) is 53.2 Å². The van der Waals surface area contributed by atoms with Crippen LogP contribution in [0.3, 0.4) is 0 Å². The zero-order chi connectivity index (χ0) is 30.6. The van der Waals surface area contributed by atoms with Crippen molar-refractivity contribution in [3.8, 4) is 16.5 Å². The number of amides is 1. The summed E-state index contributed by atoms with van der Waals surface area (Å²) >= 11 is 2.83. The van der Waals surface area contributed by atoms with Crippen LogP contribution >= 0.6 is 23.1 Å². The van der Waals surface area contributed by atoms with Gasteiger partial charge in [-0.25, -0.2) is 0 Å². The molecule has 218 valence electrons. The number of thioether (sulfide) groups is 1. The van der Waals surface area contributed by atoms with Crippen LogP contribution < -0.4 is 16.0 Å². The van der Waals surface area contributed by atoms with Gasteiger partial charge in [0.05, 0.1) is 28.3 Å². The van der Waals surface area contributed by atoms with Crippen molar-refractivity contribution >= 4 is 46.7 Å². The smallest absolute Gasteiger partial charge is 0.254 e. The molecule has 43 heavy (non-hydrogen) atoms. The number of nitrogens with zero attached hydrogens (tertiary/aromatic N) is 1. The SMILES string of the molecule is CC1=C(C(=O)Nc2ccccc2)C(c2ccc(-c3ccccc3)s2)C(C#N)=C(SCC=O)N1.CCc1cccc(NC)c1. The van der Waals surface area contributed by atoms with Gasteiger partial charge >= 0.3 is 0 Å². The Morgan fingerprint density at radius 2 is 1.70 bits per heavy atom. The van der Waals surface area contributed by atoms with Crippen LogP contribution in [-0.2, 0) is 16.0 Å². The van der Waals surface area contributed by atoms with Gasteiger partial charge in [0.25, 0.3) is 5.91 Å². The van der Waals surface area contributed by atoms with E-state index in [0.29, 0.717) is 27.6 Å². The number of aldehydes is 1. The summed E-state index contributed by atoms with van der Waals surface area (Å²) < 4.78 is 0. The van der Waals surface area contributed by atoms with E-state index in [4.69, 9.17) is 0 Å². The second kappa shape index (κ2) is 15.6. The lowest BCUT2D eigenvalue weighted by molar-refractivity contribution is -0.113. The number of allylic oxidation sites excluding steroid dienone is 2. The molecule has 6 nitrogen and oxygen atoms in total. The standard InChI is InChI=1S/C26H21N3O2S2.C9H13N/c1-17-23(25(31)29-19-10-6-3-7-11-19)24(20(16-27)26(28-17)32-15-14-30)22-13-12-21(33-22)18-8-4-2-5-9-18;1-3-8-5-4-6-9(7-8)10-2/h2-14,24,28H,15H2,1H3,(H,29,31);4-7,10H,3H2,1-2H3. The number of carbonyl (C=O) groups is 2. The van der Waals surface area contributed by atoms with Crippen molar-refractivity contribution < 1.29 is 9.59 Å². The van der Waals surface area contributed by atoms with Crippen molar-refractivity contribution in [2.45, 2.75) is 26.2 Å². The molecular formula is C35H34N4O2S2. The largest absolute Gasteiger partial charge is 0.388 e. The normalized spacial score (nSPS) is 14.1. The average molecular weight is 607 g/mol. The maximum atomic E-state index is 13.4. The summed E-state index contributed by atoms with van der Waals surface area (Å²) in [6, 6.07) is 34.0. The lowest BCUT2D eigenvalue weighted by Crippen LogP contribution is -2.30. The summed E-state index contributed by atoms with van der Waals surface area (Å²) in [4.78, 5) is 26.4. The second-order valence-electron chi connectivity index (χ2n) is 9.62. The molecule has 8 heteroatoms. The number of rotatable bonds is 9. The monoisotopic (exact) mass is 606 g/mol. The number of dihydropyridines is 1. The van der Waals surface area contributed by atoms with Crippen LogP contribution in [0.15, 0.2) is 119 Å². The second-order valence-corrected chi connectivity index (χ2v) is 11.8. The Morgan fingerprint density at radius 1 is 1.00 bits per heavy atom. The summed E-state index contributed by atoms with van der Waals surface area (Å²) in [5, 5.41) is 20.0. The molecule has 0 bridgehead atoms. The molecule has 0 saturated heterocycles. The molecule has 1 atom stereocenters. The van der Waals surface area contributed by atoms with Gasteiger partial charge in [-0.05, 0) is 60.9 Å². The minimum Gasteiger partial charge on any atom is -0.388 e. The number of para-hydroxylation sites is 1. The van der Waals surface area contributed by atoms with Crippen molar-refractivity contribution in [2.75, 3.05) is 23.4 Å². The van der Waals surface area contributed by atoms with Crippen molar-refractivity contribution in [1.29, 1.82) is 5.26 Å². The summed E-state index contributed by atoms with van der Waals surface area (Å²) in [5.74, 6) is -0.576. The number of nitriles is 1. The maximum absolute atomic E-state index is 13.4. The third kappa shape index (κ3) is 8.04. The van der Waals surface area contributed by atoms with Crippen LogP contribution in [0, 0.1) is 11.3 Å². The molecular weight excluding hydrogens is 573 g/mol. The predicted octanol–water partition coefficient (Wildman–Crippen LogP) is 7.97. The van der Waals surface area contributed by atoms with E-state index in [-0.39, 0.29) is 11.7 Å². The fourth-order valence-corrected chi connectivity index (χ4v) is 6.57. The van der Waals surface area contributed by atoms with E-state index in [1.165, 1.54) is 23.0 Å². The Hall–Kier alpha value is -4.58. The molecule has 0 aliphatic carbocycles. The highest BCUT2D eigenvalue weighted by Crippen LogP contribution is 2.44. The maximum Gasteiger partial charge on any atom is 0.254 e. The van der Waals surface area contributed by atoms with Gasteiger partial charge in [0.2, 0.25) is 0 Å². The van der Waals surface area contributed by atoms with Gasteiger partial charge in [-0.3, -0.25) is 4.79 Å². The molecule has 3 N–H and O–H groups in total. The van der Waals surface area contributed by atoms with Crippen molar-refractivity contribution in [1.82, 2.24) is 5.32 Å². The summed E-state index contributed by atoms with van der Waals surface area (Å²) in [6.07, 6.45) is 1.91. The van der Waals surface area contributed by atoms with Crippen LogP contribution in [0.5, 0.6) is 0 Å². The highest BCUT2D eigenvalue weighted by Gasteiger charge is 2.35. The molecule has 5 rings (SSSR count). The zero-order valence-corrected chi connectivity index (χ0v) is 26.0. The van der Waals surface area contributed by atoms with E-state index in [9.17, 15) is 14.9 Å². The number of carbonyl (C=O) groups excluding carboxylic acids is 2. The fourth-order valence-electron chi connectivity index (χ4n) is 4.66. The molecule has 0 saturated carbocycles. The Bertz CT molecular complexity index is 1630. The zero-order valence-electron chi connectivity index (χ0n) is 24.4. The van der Waals surface area contributed by atoms with Crippen LogP contribution in [0.25, 0.3) is 10.4 Å². The number of hydrogen-bond acceptors (Lipinski definition) is 7. The number of benzene rings is 3. The van der Waals surface area contributed by atoms with Gasteiger partial charge < -0.3 is 20.7 Å². The Morgan fingerprint density at radius 3 is 2.35 bits per heavy atom. The quantitative estimate of drug-likeness (QED) is 0.167. The molecule has 0 fully saturated rings. The molecule has 1 aliphatic heterocycles. The van der Waals surface area contributed by atoms with E-state index in [1.54, 1.807) is 11.3 Å². The van der Waals surface area contributed by atoms with E-state index < -0.39 is 5.92 Å². The number of nitrogens with one attached hydrogen (secondary N) is 3. The minimum absolute atomic E-state index is 0.221. The fraction of sp³-hybridized carbons (Fsp3) is 0.171. The molecule has 1 aliphatic rings. The van der Waals surface area contributed by atoms with Gasteiger partial charge in [0.15, 0.2) is 0 Å². The molecule has 0 radical (unpaired) electrons. The molecule has 1 unspecified atom stereocenters. The first-order valence-corrected chi connectivity index (χ1v) is 15.8. The minimum atomic E-state index is -0.531. The molecule has 1 aromatic heterocycles. The highest BCUT2D eigenvalue weighted by atomic mass is 32.2. The Labute approximate surface area is 261 Å². The van der Waals surface area contributed by atoms with Gasteiger partial charge in [-0.2, -0.15) is 5.26 Å². The van der Waals surface area contributed by atoms with Gasteiger partial charge in [-0.1, -0.05) is 79.3 Å². The molecule has 0 spiro atoms. The van der Waals surface area contributed by atoms with Crippen LogP contribution in [0.4, 0.5) is 11.4 Å². The first kappa shape index (κ1) is 31.4. The predicted molar refractivity (Wildman–Crippen MR) is 180 cm³/mol. The van der Waals surface area contributed by atoms with Crippen molar-refractivity contribution in [2.24, 2.45) is 0 Å². The first-order valence-electron chi connectivity index (χ1n) is 14.0. The summed E-state index contributed by atoms with van der Waals surface area (Å²) in [6.45, 7) is 3.99. The van der Waals surface area contributed by atoms with Crippen molar-refractivity contribution in [3.05, 3.63) is 129 Å². The van der Waals surface area contributed by atoms with E-state index >= 15 is 0 Å². The number of anilines is 2. The number of aryl methyl sites for hydroxylation is 1. The lowest BCUT2D eigenvalue weighted by atomic mass is 9.86. The summed E-state index contributed by atoms with van der Waals surface area (Å²) in [7, 11) is 1.94. The van der Waals surface area contributed by atoms with Crippen LogP contribution in [0.2, 0.25) is 0 Å².